The van der Waals surface area contributed by atoms with Gasteiger partial charge in [-0.2, -0.15) is 0 Å². The van der Waals surface area contributed by atoms with Crippen molar-refractivity contribution >= 4 is 32.2 Å². The minimum absolute atomic E-state index is 0.266. The molecule has 3 N–H and O–H groups in total. The molecule has 2 aromatic rings. The number of sulfonamides is 1. The quantitative estimate of drug-likeness (QED) is 0.846. The number of rotatable bonds is 4. The topological polar surface area (TPSA) is 85.1 Å². The van der Waals surface area contributed by atoms with Gasteiger partial charge in [-0.1, -0.05) is 6.92 Å². The van der Waals surface area contributed by atoms with Crippen molar-refractivity contribution in [1.82, 2.24) is 4.98 Å². The summed E-state index contributed by atoms with van der Waals surface area (Å²) in [6.07, 6.45) is 0.782. The molecule has 0 fully saturated rings. The van der Waals surface area contributed by atoms with Crippen LogP contribution in [0.5, 0.6) is 0 Å². The van der Waals surface area contributed by atoms with E-state index in [1.807, 2.05) is 13.8 Å². The highest BCUT2D eigenvalue weighted by Crippen LogP contribution is 2.28. The summed E-state index contributed by atoms with van der Waals surface area (Å²) in [6, 6.07) is 3.32. The van der Waals surface area contributed by atoms with E-state index in [-0.39, 0.29) is 4.90 Å². The Morgan fingerprint density at radius 2 is 1.81 bits per heavy atom. The molecule has 114 valence electrons. The zero-order valence-corrected chi connectivity index (χ0v) is 14.2. The van der Waals surface area contributed by atoms with E-state index < -0.39 is 10.0 Å². The summed E-state index contributed by atoms with van der Waals surface area (Å²) in [7, 11) is -3.66. The average molecular weight is 325 g/mol. The van der Waals surface area contributed by atoms with Crippen LogP contribution in [0.3, 0.4) is 0 Å². The first kappa shape index (κ1) is 15.8. The molecule has 0 unspecified atom stereocenters. The van der Waals surface area contributed by atoms with E-state index in [2.05, 4.69) is 9.71 Å². The van der Waals surface area contributed by atoms with Crippen LogP contribution in [0.1, 0.15) is 28.6 Å². The molecule has 0 atom stereocenters. The third kappa shape index (κ3) is 3.19. The Labute approximate surface area is 129 Å². The van der Waals surface area contributed by atoms with Gasteiger partial charge in [0.05, 0.1) is 10.6 Å². The molecule has 0 aliphatic heterocycles. The van der Waals surface area contributed by atoms with E-state index in [1.165, 1.54) is 11.3 Å². The van der Waals surface area contributed by atoms with Gasteiger partial charge in [0.15, 0.2) is 5.13 Å². The van der Waals surface area contributed by atoms with Gasteiger partial charge in [0, 0.05) is 10.6 Å². The van der Waals surface area contributed by atoms with E-state index in [1.54, 1.807) is 26.0 Å². The van der Waals surface area contributed by atoms with Crippen LogP contribution in [-0.4, -0.2) is 13.4 Å². The summed E-state index contributed by atoms with van der Waals surface area (Å²) in [6.45, 7) is 7.41. The van der Waals surface area contributed by atoms with Crippen molar-refractivity contribution in [3.63, 3.8) is 0 Å². The van der Waals surface area contributed by atoms with Gasteiger partial charge in [-0.3, -0.25) is 4.72 Å². The summed E-state index contributed by atoms with van der Waals surface area (Å²) in [5.74, 6) is 0. The molecule has 0 aliphatic carbocycles. The second-order valence-electron chi connectivity index (χ2n) is 4.96. The first-order chi connectivity index (χ1) is 9.74. The van der Waals surface area contributed by atoms with Crippen molar-refractivity contribution in [2.45, 2.75) is 39.0 Å². The predicted octanol–water partition coefficient (Wildman–Crippen LogP) is 3.01. The molecule has 2 rings (SSSR count). The van der Waals surface area contributed by atoms with Crippen molar-refractivity contribution in [3.05, 3.63) is 33.8 Å². The Bertz CT molecular complexity index is 757. The number of nitrogens with two attached hydrogens (primary N) is 1. The highest BCUT2D eigenvalue weighted by Gasteiger charge is 2.22. The van der Waals surface area contributed by atoms with Crippen LogP contribution in [-0.2, 0) is 16.4 Å². The minimum atomic E-state index is -3.66. The Balaban J connectivity index is 2.43. The van der Waals surface area contributed by atoms with Crippen molar-refractivity contribution in [3.8, 4) is 0 Å². The lowest BCUT2D eigenvalue weighted by atomic mass is 10.1. The number of nitrogen functional groups attached to an aromatic ring is 1. The lowest BCUT2D eigenvalue weighted by Crippen LogP contribution is -2.16. The molecular weight excluding hydrogens is 306 g/mol. The third-order valence-corrected chi connectivity index (χ3v) is 5.90. The van der Waals surface area contributed by atoms with Crippen molar-refractivity contribution in [2.24, 2.45) is 0 Å². The molecule has 0 radical (unpaired) electrons. The summed E-state index contributed by atoms with van der Waals surface area (Å²) in [4.78, 5) is 5.61. The fraction of sp³-hybridized carbons (Fsp3) is 0.357. The molecule has 0 spiro atoms. The van der Waals surface area contributed by atoms with Crippen LogP contribution in [0.15, 0.2) is 17.0 Å². The summed E-state index contributed by atoms with van der Waals surface area (Å²) >= 11 is 1.35. The van der Waals surface area contributed by atoms with Gasteiger partial charge < -0.3 is 5.73 Å². The van der Waals surface area contributed by atoms with Gasteiger partial charge in [0.25, 0.3) is 10.0 Å². The molecule has 1 aromatic heterocycles. The maximum atomic E-state index is 12.6. The van der Waals surface area contributed by atoms with E-state index in [0.29, 0.717) is 21.9 Å². The van der Waals surface area contributed by atoms with Crippen LogP contribution in [0.25, 0.3) is 0 Å². The Hall–Kier alpha value is -1.60. The largest absolute Gasteiger partial charge is 0.399 e. The molecule has 21 heavy (non-hydrogen) atoms. The molecular formula is C14H19N3O2S2. The molecule has 1 heterocycles. The van der Waals surface area contributed by atoms with E-state index >= 15 is 0 Å². The van der Waals surface area contributed by atoms with Crippen molar-refractivity contribution < 1.29 is 8.42 Å². The fourth-order valence-electron chi connectivity index (χ4n) is 2.37. The van der Waals surface area contributed by atoms with Gasteiger partial charge in [0.1, 0.15) is 0 Å². The molecule has 0 amide bonds. The van der Waals surface area contributed by atoms with Crippen molar-refractivity contribution in [2.75, 3.05) is 10.5 Å². The molecule has 0 aliphatic rings. The highest BCUT2D eigenvalue weighted by molar-refractivity contribution is 7.93. The second-order valence-corrected chi connectivity index (χ2v) is 7.79. The number of anilines is 2. The number of hydrogen-bond donors (Lipinski definition) is 2. The van der Waals surface area contributed by atoms with Gasteiger partial charge >= 0.3 is 0 Å². The number of thiazole rings is 1. The number of nitrogens with zero attached hydrogens (tertiary/aromatic N) is 1. The van der Waals surface area contributed by atoms with E-state index in [9.17, 15) is 8.42 Å². The number of benzene rings is 1. The molecule has 7 heteroatoms. The molecule has 0 bridgehead atoms. The SMILES string of the molecule is CCc1nc(NS(=O)(=O)c2c(C)cc(N)cc2C)sc1C. The minimum Gasteiger partial charge on any atom is -0.399 e. The summed E-state index contributed by atoms with van der Waals surface area (Å²) in [5.41, 5.74) is 8.47. The first-order valence-electron chi connectivity index (χ1n) is 6.60. The first-order valence-corrected chi connectivity index (χ1v) is 8.90. The maximum Gasteiger partial charge on any atom is 0.264 e. The van der Waals surface area contributed by atoms with Gasteiger partial charge in [0.2, 0.25) is 0 Å². The average Bonchev–Trinajstić information content (AvgIpc) is 2.66. The van der Waals surface area contributed by atoms with Crippen LogP contribution < -0.4 is 10.5 Å². The molecule has 5 nitrogen and oxygen atoms in total. The maximum absolute atomic E-state index is 12.6. The highest BCUT2D eigenvalue weighted by atomic mass is 32.2. The van der Waals surface area contributed by atoms with Crippen LogP contribution in [0.4, 0.5) is 10.8 Å². The second kappa shape index (κ2) is 5.65. The van der Waals surface area contributed by atoms with Crippen LogP contribution in [0.2, 0.25) is 0 Å². The lowest BCUT2D eigenvalue weighted by Gasteiger charge is -2.12. The standard InChI is InChI=1S/C14H19N3O2S2/c1-5-12-10(4)20-14(16-12)17-21(18,19)13-8(2)6-11(15)7-9(13)3/h6-7H,5,15H2,1-4H3,(H,16,17). The van der Waals surface area contributed by atoms with E-state index in [4.69, 9.17) is 5.73 Å². The van der Waals surface area contributed by atoms with E-state index in [0.717, 1.165) is 17.0 Å². The Morgan fingerprint density at radius 1 is 1.24 bits per heavy atom. The third-order valence-electron chi connectivity index (χ3n) is 3.20. The van der Waals surface area contributed by atoms with Crippen LogP contribution in [0, 0.1) is 20.8 Å². The smallest absolute Gasteiger partial charge is 0.264 e. The number of nitrogens with one attached hydrogen (secondary N) is 1. The predicted molar refractivity (Wildman–Crippen MR) is 87.4 cm³/mol. The molecule has 0 saturated carbocycles. The monoisotopic (exact) mass is 325 g/mol. The molecule has 1 aromatic carbocycles. The molecule has 0 saturated heterocycles. The Morgan fingerprint density at radius 3 is 2.29 bits per heavy atom. The number of aromatic nitrogens is 1. The number of aryl methyl sites for hydroxylation is 4. The fourth-order valence-corrected chi connectivity index (χ4v) is 4.97. The number of hydrogen-bond acceptors (Lipinski definition) is 5. The van der Waals surface area contributed by atoms with Crippen molar-refractivity contribution in [1.29, 1.82) is 0 Å². The Kier molecular flexibility index (Phi) is 4.25. The van der Waals surface area contributed by atoms with Gasteiger partial charge in [-0.05, 0) is 50.5 Å². The lowest BCUT2D eigenvalue weighted by molar-refractivity contribution is 0.600. The summed E-state index contributed by atoms with van der Waals surface area (Å²) in [5, 5.41) is 0.403. The normalized spacial score (nSPS) is 11.6. The summed E-state index contributed by atoms with van der Waals surface area (Å²) < 4.78 is 27.7. The van der Waals surface area contributed by atoms with Crippen LogP contribution >= 0.6 is 11.3 Å². The van der Waals surface area contributed by atoms with Gasteiger partial charge in [-0.25, -0.2) is 13.4 Å². The zero-order valence-electron chi connectivity index (χ0n) is 12.5. The van der Waals surface area contributed by atoms with Gasteiger partial charge in [-0.15, -0.1) is 11.3 Å². The zero-order chi connectivity index (χ0) is 15.8.